The molecule has 6 rings (SSSR count). The van der Waals surface area contributed by atoms with E-state index in [1.165, 1.54) is 29.5 Å². The minimum Gasteiger partial charge on any atom is -0.468 e. The third-order valence-corrected chi connectivity index (χ3v) is 8.06. The van der Waals surface area contributed by atoms with Crippen LogP contribution < -0.4 is 4.74 Å². The van der Waals surface area contributed by atoms with E-state index in [4.69, 9.17) is 4.74 Å². The Hall–Kier alpha value is -3.88. The molecule has 6 nitrogen and oxygen atoms in total. The zero-order chi connectivity index (χ0) is 27.1. The summed E-state index contributed by atoms with van der Waals surface area (Å²) in [6.45, 7) is -1.19. The van der Waals surface area contributed by atoms with Crippen molar-refractivity contribution in [3.63, 3.8) is 0 Å². The first-order valence-electron chi connectivity index (χ1n) is 13.1. The number of aromatic nitrogens is 1. The van der Waals surface area contributed by atoms with E-state index in [1.807, 2.05) is 29.2 Å². The van der Waals surface area contributed by atoms with Gasteiger partial charge in [-0.05, 0) is 54.0 Å². The SMILES string of the molecule is O=C(c1ccc(OCC(F)(F)F)nc1)C1CC2CCC(C1)N2C(=O)OCC1c2ccccc2-c2ccccc21. The molecule has 2 aromatic carbocycles. The van der Waals surface area contributed by atoms with Gasteiger partial charge in [-0.25, -0.2) is 9.78 Å². The van der Waals surface area contributed by atoms with Crippen LogP contribution in [0.3, 0.4) is 0 Å². The van der Waals surface area contributed by atoms with Crippen molar-refractivity contribution in [2.24, 2.45) is 5.92 Å². The van der Waals surface area contributed by atoms with Gasteiger partial charge in [0.05, 0.1) is 0 Å². The molecule has 9 heteroatoms. The number of hydrogen-bond donors (Lipinski definition) is 0. The number of amides is 1. The minimum absolute atomic E-state index is 0.0197. The fourth-order valence-corrected chi connectivity index (χ4v) is 6.36. The van der Waals surface area contributed by atoms with E-state index in [0.717, 1.165) is 24.0 Å². The molecule has 3 aliphatic rings. The molecule has 1 amide bonds. The highest BCUT2D eigenvalue weighted by Crippen LogP contribution is 2.45. The number of benzene rings is 2. The van der Waals surface area contributed by atoms with E-state index in [-0.39, 0.29) is 48.3 Å². The lowest BCUT2D eigenvalue weighted by Gasteiger charge is -2.37. The van der Waals surface area contributed by atoms with Crippen molar-refractivity contribution in [3.05, 3.63) is 83.6 Å². The predicted octanol–water partition coefficient (Wildman–Crippen LogP) is 6.40. The second-order valence-corrected chi connectivity index (χ2v) is 10.4. The Morgan fingerprint density at radius 3 is 2.08 bits per heavy atom. The first-order chi connectivity index (χ1) is 18.8. The molecule has 39 heavy (non-hydrogen) atoms. The molecule has 0 radical (unpaired) electrons. The fourth-order valence-electron chi connectivity index (χ4n) is 6.36. The van der Waals surface area contributed by atoms with Gasteiger partial charge in [-0.15, -0.1) is 0 Å². The molecule has 2 aliphatic heterocycles. The Bertz CT molecular complexity index is 1330. The maximum atomic E-state index is 13.3. The molecule has 2 fully saturated rings. The van der Waals surface area contributed by atoms with Crippen molar-refractivity contribution in [2.45, 2.75) is 49.9 Å². The maximum absolute atomic E-state index is 13.3. The smallest absolute Gasteiger partial charge is 0.422 e. The van der Waals surface area contributed by atoms with Crippen molar-refractivity contribution in [3.8, 4) is 17.0 Å². The number of nitrogens with zero attached hydrogens (tertiary/aromatic N) is 2. The molecule has 1 aliphatic carbocycles. The third-order valence-electron chi connectivity index (χ3n) is 8.06. The number of Topliss-reactive ketones (excluding diaryl/α,β-unsaturated/α-hetero) is 1. The van der Waals surface area contributed by atoms with E-state index < -0.39 is 12.8 Å². The molecule has 3 aromatic rings. The Labute approximate surface area is 223 Å². The average molecular weight is 537 g/mol. The second-order valence-electron chi connectivity index (χ2n) is 10.4. The van der Waals surface area contributed by atoms with Crippen LogP contribution in [0.15, 0.2) is 66.9 Å². The van der Waals surface area contributed by atoms with E-state index in [1.54, 1.807) is 0 Å². The largest absolute Gasteiger partial charge is 0.468 e. The highest BCUT2D eigenvalue weighted by Gasteiger charge is 2.46. The van der Waals surface area contributed by atoms with Gasteiger partial charge >= 0.3 is 12.3 Å². The normalized spacial score (nSPS) is 21.8. The molecule has 0 saturated carbocycles. The molecular formula is C30H27F3N2O4. The summed E-state index contributed by atoms with van der Waals surface area (Å²) in [7, 11) is 0. The molecule has 2 atom stereocenters. The van der Waals surface area contributed by atoms with Crippen LogP contribution in [0, 0.1) is 5.92 Å². The van der Waals surface area contributed by atoms with Gasteiger partial charge in [-0.3, -0.25) is 4.79 Å². The van der Waals surface area contributed by atoms with Gasteiger partial charge in [-0.1, -0.05) is 48.5 Å². The van der Waals surface area contributed by atoms with E-state index in [2.05, 4.69) is 34.0 Å². The third kappa shape index (κ3) is 4.97. The standard InChI is InChI=1S/C30H27F3N2O4/c31-30(32,33)17-39-27-12-9-18(15-34-27)28(36)19-13-20-10-11-21(14-19)35(20)29(37)38-16-26-24-7-3-1-5-22(24)23-6-2-4-8-25(23)26/h1-9,12,15,19-21,26H,10-11,13-14,16-17H2. The second kappa shape index (κ2) is 10.0. The van der Waals surface area contributed by atoms with Gasteiger partial charge in [0, 0.05) is 41.7 Å². The zero-order valence-corrected chi connectivity index (χ0v) is 21.1. The molecule has 3 heterocycles. The summed E-state index contributed by atoms with van der Waals surface area (Å²) in [5.41, 5.74) is 4.98. The van der Waals surface area contributed by atoms with Crippen LogP contribution in [0.4, 0.5) is 18.0 Å². The zero-order valence-electron chi connectivity index (χ0n) is 21.1. The first kappa shape index (κ1) is 25.4. The van der Waals surface area contributed by atoms with Crippen molar-refractivity contribution in [2.75, 3.05) is 13.2 Å². The van der Waals surface area contributed by atoms with Gasteiger partial charge < -0.3 is 14.4 Å². The number of alkyl halides is 3. The topological polar surface area (TPSA) is 68.7 Å². The highest BCUT2D eigenvalue weighted by atomic mass is 19.4. The van der Waals surface area contributed by atoms with Gasteiger partial charge in [-0.2, -0.15) is 13.2 Å². The van der Waals surface area contributed by atoms with Crippen LogP contribution in [0.1, 0.15) is 53.1 Å². The molecule has 2 saturated heterocycles. The maximum Gasteiger partial charge on any atom is 0.422 e. The van der Waals surface area contributed by atoms with Crippen molar-refractivity contribution >= 4 is 11.9 Å². The number of ketones is 1. The summed E-state index contributed by atoms with van der Waals surface area (Å²) in [5, 5.41) is 0. The quantitative estimate of drug-likeness (QED) is 0.341. The molecule has 2 bridgehead atoms. The fraction of sp³-hybridized carbons (Fsp3) is 0.367. The summed E-state index contributed by atoms with van der Waals surface area (Å²) in [6, 6.07) is 18.9. The van der Waals surface area contributed by atoms with Gasteiger partial charge in [0.1, 0.15) is 6.61 Å². The highest BCUT2D eigenvalue weighted by molar-refractivity contribution is 5.98. The van der Waals surface area contributed by atoms with Crippen molar-refractivity contribution in [1.29, 1.82) is 0 Å². The Balaban J connectivity index is 1.08. The molecule has 1 aromatic heterocycles. The van der Waals surface area contributed by atoms with Crippen LogP contribution in [-0.4, -0.2) is 53.2 Å². The Kier molecular flexibility index (Phi) is 6.53. The van der Waals surface area contributed by atoms with Crippen LogP contribution >= 0.6 is 0 Å². The monoisotopic (exact) mass is 536 g/mol. The van der Waals surface area contributed by atoms with Crippen LogP contribution in [0.5, 0.6) is 5.88 Å². The molecule has 0 spiro atoms. The number of carbonyl (C=O) groups is 2. The summed E-state index contributed by atoms with van der Waals surface area (Å²) in [4.78, 5) is 32.1. The molecule has 202 valence electrons. The average Bonchev–Trinajstić information content (AvgIpc) is 3.40. The number of piperidine rings is 1. The first-order valence-corrected chi connectivity index (χ1v) is 13.1. The number of ether oxygens (including phenoxy) is 2. The predicted molar refractivity (Wildman–Crippen MR) is 137 cm³/mol. The number of rotatable bonds is 6. The number of fused-ring (bicyclic) bond motifs is 5. The summed E-state index contributed by atoms with van der Waals surface area (Å²) in [6.07, 6.45) is -0.896. The number of pyridine rings is 1. The van der Waals surface area contributed by atoms with Gasteiger partial charge in [0.2, 0.25) is 5.88 Å². The van der Waals surface area contributed by atoms with E-state index in [0.29, 0.717) is 18.4 Å². The number of halogens is 3. The van der Waals surface area contributed by atoms with Crippen LogP contribution in [0.25, 0.3) is 11.1 Å². The number of hydrogen-bond acceptors (Lipinski definition) is 5. The van der Waals surface area contributed by atoms with Gasteiger partial charge in [0.25, 0.3) is 0 Å². The Morgan fingerprint density at radius 2 is 1.51 bits per heavy atom. The van der Waals surface area contributed by atoms with Gasteiger partial charge in [0.15, 0.2) is 12.4 Å². The number of carbonyl (C=O) groups excluding carboxylic acids is 2. The lowest BCUT2D eigenvalue weighted by Crippen LogP contribution is -2.48. The molecule has 2 unspecified atom stereocenters. The Morgan fingerprint density at radius 1 is 0.897 bits per heavy atom. The summed E-state index contributed by atoms with van der Waals surface area (Å²) in [5.74, 6) is -0.611. The summed E-state index contributed by atoms with van der Waals surface area (Å²) >= 11 is 0. The molecular weight excluding hydrogens is 509 g/mol. The lowest BCUT2D eigenvalue weighted by molar-refractivity contribution is -0.154. The lowest BCUT2D eigenvalue weighted by atomic mass is 9.85. The van der Waals surface area contributed by atoms with E-state index in [9.17, 15) is 22.8 Å². The van der Waals surface area contributed by atoms with E-state index >= 15 is 0 Å². The summed E-state index contributed by atoms with van der Waals surface area (Å²) < 4.78 is 47.6. The molecule has 0 N–H and O–H groups in total. The minimum atomic E-state index is -4.46. The van der Waals surface area contributed by atoms with Crippen molar-refractivity contribution in [1.82, 2.24) is 9.88 Å². The van der Waals surface area contributed by atoms with Crippen LogP contribution in [0.2, 0.25) is 0 Å². The van der Waals surface area contributed by atoms with Crippen LogP contribution in [-0.2, 0) is 4.74 Å². The van der Waals surface area contributed by atoms with Crippen molar-refractivity contribution < 1.29 is 32.2 Å².